The summed E-state index contributed by atoms with van der Waals surface area (Å²) in [6, 6.07) is 5.53. The van der Waals surface area contributed by atoms with Crippen LogP contribution in [0.3, 0.4) is 0 Å². The fourth-order valence-electron chi connectivity index (χ4n) is 1.43. The molecule has 0 aliphatic rings. The molecule has 0 bridgehead atoms. The molecule has 0 heterocycles. The van der Waals surface area contributed by atoms with Crippen molar-refractivity contribution in [3.05, 3.63) is 29.8 Å². The number of rotatable bonds is 6. The minimum absolute atomic E-state index is 0.0685. The van der Waals surface area contributed by atoms with Crippen LogP contribution in [0, 0.1) is 0 Å². The monoisotopic (exact) mass is 287 g/mol. The second-order valence-corrected chi connectivity index (χ2v) is 5.87. The maximum Gasteiger partial charge on any atom is 0.237 e. The van der Waals surface area contributed by atoms with Gasteiger partial charge in [0.2, 0.25) is 15.9 Å². The third-order valence-electron chi connectivity index (χ3n) is 2.41. The minimum atomic E-state index is -3.59. The molecule has 1 aromatic rings. The molecule has 1 amide bonds. The summed E-state index contributed by atoms with van der Waals surface area (Å²) >= 11 is 0. The molecule has 0 saturated carbocycles. The van der Waals surface area contributed by atoms with Crippen molar-refractivity contribution in [2.75, 3.05) is 12.3 Å². The van der Waals surface area contributed by atoms with Crippen LogP contribution in [0.5, 0.6) is 5.75 Å². The lowest BCUT2D eigenvalue weighted by Gasteiger charge is -2.12. The average Bonchev–Trinajstić information content (AvgIpc) is 2.30. The number of benzene rings is 1. The molecular formula is C11H17N3O4S. The number of sulfonamides is 1. The van der Waals surface area contributed by atoms with Crippen LogP contribution in [0.25, 0.3) is 0 Å². The first-order valence-electron chi connectivity index (χ1n) is 5.59. The van der Waals surface area contributed by atoms with E-state index in [9.17, 15) is 13.2 Å². The number of hydrogen-bond acceptors (Lipinski definition) is 5. The lowest BCUT2D eigenvalue weighted by atomic mass is 10.1. The second kappa shape index (κ2) is 6.50. The summed E-state index contributed by atoms with van der Waals surface area (Å²) in [6.45, 7) is -0.0685. The highest BCUT2D eigenvalue weighted by Gasteiger charge is 2.14. The Morgan fingerprint density at radius 3 is 2.42 bits per heavy atom. The maximum absolute atomic E-state index is 11.6. The second-order valence-electron chi connectivity index (χ2n) is 4.14. The van der Waals surface area contributed by atoms with Crippen molar-refractivity contribution in [2.45, 2.75) is 12.5 Å². The van der Waals surface area contributed by atoms with Crippen molar-refractivity contribution in [3.8, 4) is 5.75 Å². The quantitative estimate of drug-likeness (QED) is 0.514. The number of hydrogen-bond donors (Lipinski definition) is 4. The van der Waals surface area contributed by atoms with E-state index in [1.54, 1.807) is 12.1 Å². The zero-order valence-corrected chi connectivity index (χ0v) is 11.1. The molecule has 8 heteroatoms. The molecule has 1 rings (SSSR count). The summed E-state index contributed by atoms with van der Waals surface area (Å²) in [5.41, 5.74) is 6.48. The standard InChI is InChI=1S/C11H17N3O4S/c12-10(7-8-1-3-9(15)4-2-8)11(16)14-5-6-19(13,17)18/h1-4,10,15H,5-7,12H2,(H,14,16)(H2,13,17,18)/t10-/m0/s1. The molecule has 0 aromatic heterocycles. The Balaban J connectivity index is 2.42. The van der Waals surface area contributed by atoms with Gasteiger partial charge < -0.3 is 16.2 Å². The Morgan fingerprint density at radius 1 is 1.32 bits per heavy atom. The van der Waals surface area contributed by atoms with E-state index in [4.69, 9.17) is 16.0 Å². The van der Waals surface area contributed by atoms with Crippen LogP contribution < -0.4 is 16.2 Å². The van der Waals surface area contributed by atoms with Gasteiger partial charge in [0, 0.05) is 6.54 Å². The molecule has 0 spiro atoms. The molecule has 1 aromatic carbocycles. The zero-order chi connectivity index (χ0) is 14.5. The van der Waals surface area contributed by atoms with Crippen molar-refractivity contribution < 1.29 is 18.3 Å². The number of aromatic hydroxyl groups is 1. The van der Waals surface area contributed by atoms with E-state index in [0.717, 1.165) is 5.56 Å². The van der Waals surface area contributed by atoms with Gasteiger partial charge in [0.05, 0.1) is 11.8 Å². The molecule has 7 nitrogen and oxygen atoms in total. The third kappa shape index (κ3) is 6.18. The van der Waals surface area contributed by atoms with Crippen LogP contribution in [0.2, 0.25) is 0 Å². The van der Waals surface area contributed by atoms with E-state index in [-0.39, 0.29) is 18.0 Å². The van der Waals surface area contributed by atoms with Crippen LogP contribution in [-0.4, -0.2) is 37.8 Å². The van der Waals surface area contributed by atoms with Crippen LogP contribution in [-0.2, 0) is 21.2 Å². The molecule has 0 fully saturated rings. The number of nitrogens with one attached hydrogen (secondary N) is 1. The van der Waals surface area contributed by atoms with Crippen molar-refractivity contribution in [1.29, 1.82) is 0 Å². The van der Waals surface area contributed by atoms with Gasteiger partial charge in [-0.15, -0.1) is 0 Å². The molecule has 0 unspecified atom stereocenters. The van der Waals surface area contributed by atoms with Gasteiger partial charge in [0.15, 0.2) is 0 Å². The molecular weight excluding hydrogens is 270 g/mol. The third-order valence-corrected chi connectivity index (χ3v) is 3.19. The summed E-state index contributed by atoms with van der Waals surface area (Å²) in [4.78, 5) is 11.6. The first kappa shape index (κ1) is 15.4. The average molecular weight is 287 g/mol. The molecule has 1 atom stereocenters. The first-order chi connectivity index (χ1) is 8.78. The van der Waals surface area contributed by atoms with Crippen molar-refractivity contribution >= 4 is 15.9 Å². The van der Waals surface area contributed by atoms with Gasteiger partial charge in [-0.25, -0.2) is 13.6 Å². The van der Waals surface area contributed by atoms with Gasteiger partial charge in [-0.2, -0.15) is 0 Å². The molecule has 0 saturated heterocycles. The predicted octanol–water partition coefficient (Wildman–Crippen LogP) is -1.33. The number of carbonyl (C=O) groups excluding carboxylic acids is 1. The highest BCUT2D eigenvalue weighted by molar-refractivity contribution is 7.89. The Kier molecular flexibility index (Phi) is 5.28. The van der Waals surface area contributed by atoms with Crippen molar-refractivity contribution in [3.63, 3.8) is 0 Å². The van der Waals surface area contributed by atoms with Gasteiger partial charge in [-0.3, -0.25) is 4.79 Å². The Hall–Kier alpha value is -1.64. The SMILES string of the molecule is N[C@@H](Cc1ccc(O)cc1)C(=O)NCCS(N)(=O)=O. The van der Waals surface area contributed by atoms with E-state index in [2.05, 4.69) is 5.32 Å². The smallest absolute Gasteiger partial charge is 0.237 e. The van der Waals surface area contributed by atoms with Gasteiger partial charge in [0.1, 0.15) is 5.75 Å². The van der Waals surface area contributed by atoms with Crippen molar-refractivity contribution in [1.82, 2.24) is 5.32 Å². The van der Waals surface area contributed by atoms with Crippen LogP contribution in [0.1, 0.15) is 5.56 Å². The normalized spacial score (nSPS) is 12.9. The van der Waals surface area contributed by atoms with E-state index in [1.165, 1.54) is 12.1 Å². The van der Waals surface area contributed by atoms with Crippen LogP contribution in [0.15, 0.2) is 24.3 Å². The van der Waals surface area contributed by atoms with Crippen LogP contribution >= 0.6 is 0 Å². The number of carbonyl (C=O) groups is 1. The summed E-state index contributed by atoms with van der Waals surface area (Å²) in [5.74, 6) is -0.642. The fraction of sp³-hybridized carbons (Fsp3) is 0.364. The summed E-state index contributed by atoms with van der Waals surface area (Å²) in [5, 5.41) is 16.3. The largest absolute Gasteiger partial charge is 0.508 e. The maximum atomic E-state index is 11.6. The topological polar surface area (TPSA) is 136 Å². The molecule has 19 heavy (non-hydrogen) atoms. The lowest BCUT2D eigenvalue weighted by Crippen LogP contribution is -2.43. The van der Waals surface area contributed by atoms with Crippen LogP contribution in [0.4, 0.5) is 0 Å². The predicted molar refractivity (Wildman–Crippen MR) is 70.8 cm³/mol. The number of amides is 1. The van der Waals surface area contributed by atoms with E-state index in [1.807, 2.05) is 0 Å². The van der Waals surface area contributed by atoms with Gasteiger partial charge in [0.25, 0.3) is 0 Å². The summed E-state index contributed by atoms with van der Waals surface area (Å²) in [7, 11) is -3.59. The Labute approximate surface area is 111 Å². The molecule has 0 aliphatic heterocycles. The van der Waals surface area contributed by atoms with Gasteiger partial charge in [-0.1, -0.05) is 12.1 Å². The number of phenols is 1. The molecule has 6 N–H and O–H groups in total. The lowest BCUT2D eigenvalue weighted by molar-refractivity contribution is -0.122. The highest BCUT2D eigenvalue weighted by Crippen LogP contribution is 2.10. The fourth-order valence-corrected chi connectivity index (χ4v) is 1.81. The highest BCUT2D eigenvalue weighted by atomic mass is 32.2. The number of primary sulfonamides is 1. The Bertz CT molecular complexity index is 527. The number of phenolic OH excluding ortho intramolecular Hbond substituents is 1. The van der Waals surface area contributed by atoms with Gasteiger partial charge >= 0.3 is 0 Å². The van der Waals surface area contributed by atoms with Crippen molar-refractivity contribution in [2.24, 2.45) is 10.9 Å². The first-order valence-corrected chi connectivity index (χ1v) is 7.31. The summed E-state index contributed by atoms with van der Waals surface area (Å²) in [6.07, 6.45) is 0.293. The Morgan fingerprint density at radius 2 is 1.89 bits per heavy atom. The van der Waals surface area contributed by atoms with E-state index < -0.39 is 22.0 Å². The molecule has 0 aliphatic carbocycles. The summed E-state index contributed by atoms with van der Waals surface area (Å²) < 4.78 is 21.4. The number of nitrogens with two attached hydrogens (primary N) is 2. The molecule has 106 valence electrons. The van der Waals surface area contributed by atoms with E-state index >= 15 is 0 Å². The zero-order valence-electron chi connectivity index (χ0n) is 10.2. The van der Waals surface area contributed by atoms with Gasteiger partial charge in [-0.05, 0) is 24.1 Å². The molecule has 0 radical (unpaired) electrons. The van der Waals surface area contributed by atoms with E-state index in [0.29, 0.717) is 6.42 Å². The minimum Gasteiger partial charge on any atom is -0.508 e.